The SMILES string of the molecule is CCCCCCCCCC1CCC(c2ccc(-c3cc(F)c(C(F)(F)Oc4ccc(-c5cc(F)c(F)c(F)c5)c(F)c4)c(F)c3)c(F)c2)CC1. The van der Waals surface area contributed by atoms with E-state index in [-0.39, 0.29) is 17.0 Å². The highest BCUT2D eigenvalue weighted by atomic mass is 19.3. The molecule has 0 bridgehead atoms. The van der Waals surface area contributed by atoms with Crippen LogP contribution in [-0.2, 0) is 6.11 Å². The Balaban J connectivity index is 1.23. The van der Waals surface area contributed by atoms with Gasteiger partial charge in [-0.2, -0.15) is 8.78 Å². The highest BCUT2D eigenvalue weighted by molar-refractivity contribution is 5.66. The van der Waals surface area contributed by atoms with Gasteiger partial charge in [0, 0.05) is 17.2 Å². The second kappa shape index (κ2) is 16.4. The normalized spacial score (nSPS) is 16.5. The van der Waals surface area contributed by atoms with Crippen molar-refractivity contribution in [3.05, 3.63) is 113 Å². The molecule has 1 nitrogen and oxygen atoms in total. The summed E-state index contributed by atoms with van der Waals surface area (Å²) in [4.78, 5) is 0. The minimum absolute atomic E-state index is 0.160. The summed E-state index contributed by atoms with van der Waals surface area (Å²) < 4.78 is 135. The molecule has 50 heavy (non-hydrogen) atoms. The van der Waals surface area contributed by atoms with Crippen LogP contribution in [0.15, 0.2) is 60.7 Å². The minimum atomic E-state index is -4.65. The Morgan fingerprint density at radius 1 is 0.580 bits per heavy atom. The summed E-state index contributed by atoms with van der Waals surface area (Å²) in [5.41, 5.74) is -2.35. The van der Waals surface area contributed by atoms with Crippen LogP contribution in [-0.4, -0.2) is 0 Å². The Bertz CT molecular complexity index is 1730. The Morgan fingerprint density at radius 3 is 1.66 bits per heavy atom. The molecule has 0 heterocycles. The van der Waals surface area contributed by atoms with Gasteiger partial charge in [-0.3, -0.25) is 0 Å². The summed E-state index contributed by atoms with van der Waals surface area (Å²) in [5, 5.41) is 0. The van der Waals surface area contributed by atoms with Crippen molar-refractivity contribution in [2.75, 3.05) is 0 Å². The predicted molar refractivity (Wildman–Crippen MR) is 175 cm³/mol. The van der Waals surface area contributed by atoms with Gasteiger partial charge in [-0.1, -0.05) is 70.4 Å². The lowest BCUT2D eigenvalue weighted by molar-refractivity contribution is -0.189. The van der Waals surface area contributed by atoms with Crippen molar-refractivity contribution in [1.29, 1.82) is 0 Å². The summed E-state index contributed by atoms with van der Waals surface area (Å²) in [5.74, 6) is -10.5. The van der Waals surface area contributed by atoms with Crippen molar-refractivity contribution >= 4 is 0 Å². The Hall–Kier alpha value is -3.95. The third kappa shape index (κ3) is 8.85. The van der Waals surface area contributed by atoms with Crippen LogP contribution in [0.4, 0.5) is 39.5 Å². The van der Waals surface area contributed by atoms with Crippen molar-refractivity contribution in [1.82, 2.24) is 0 Å². The first-order valence-corrected chi connectivity index (χ1v) is 17.2. The van der Waals surface area contributed by atoms with Gasteiger partial charge < -0.3 is 4.74 Å². The molecule has 0 aromatic heterocycles. The molecule has 1 saturated carbocycles. The summed E-state index contributed by atoms with van der Waals surface area (Å²) in [6.07, 6.45) is 9.40. The van der Waals surface area contributed by atoms with E-state index in [2.05, 4.69) is 11.7 Å². The van der Waals surface area contributed by atoms with Gasteiger partial charge in [0.25, 0.3) is 0 Å². The predicted octanol–water partition coefficient (Wildman–Crippen LogP) is 13.5. The van der Waals surface area contributed by atoms with E-state index in [1.807, 2.05) is 0 Å². The third-order valence-electron chi connectivity index (χ3n) is 9.65. The molecule has 0 unspecified atom stereocenters. The van der Waals surface area contributed by atoms with E-state index in [9.17, 15) is 17.6 Å². The molecule has 1 fully saturated rings. The first-order valence-electron chi connectivity index (χ1n) is 17.2. The monoisotopic (exact) mass is 706 g/mol. The number of ether oxygens (including phenoxy) is 1. The maximum Gasteiger partial charge on any atom is 0.432 e. The molecule has 4 aromatic rings. The topological polar surface area (TPSA) is 9.23 Å². The standard InChI is InChI=1S/C40H39F9O/c1-2-3-4-5-6-7-8-9-24-10-12-25(13-11-24)26-14-16-30(32(41)18-26)27-19-34(43)38(35(44)20-27)40(48,49)50-29-15-17-31(33(42)23-29)28-21-36(45)39(47)37(46)22-28/h14-25H,2-13H2,1H3. The van der Waals surface area contributed by atoms with Gasteiger partial charge in [0.15, 0.2) is 17.5 Å². The van der Waals surface area contributed by atoms with Crippen LogP contribution in [0.2, 0.25) is 0 Å². The number of hydrogen-bond donors (Lipinski definition) is 0. The van der Waals surface area contributed by atoms with Crippen LogP contribution in [0.1, 0.15) is 101 Å². The first kappa shape index (κ1) is 37.3. The van der Waals surface area contributed by atoms with Crippen molar-refractivity contribution in [2.24, 2.45) is 5.92 Å². The molecule has 4 aromatic carbocycles. The molecule has 0 N–H and O–H groups in total. The summed E-state index contributed by atoms with van der Waals surface area (Å²) in [6.45, 7) is 2.21. The van der Waals surface area contributed by atoms with Gasteiger partial charge in [0.2, 0.25) is 0 Å². The number of rotatable bonds is 14. The van der Waals surface area contributed by atoms with E-state index in [1.54, 1.807) is 6.07 Å². The molecule has 5 rings (SSSR count). The number of hydrogen-bond acceptors (Lipinski definition) is 1. The lowest BCUT2D eigenvalue weighted by Gasteiger charge is -2.29. The number of unbranched alkanes of at least 4 members (excludes halogenated alkanes) is 6. The molecule has 0 amide bonds. The minimum Gasteiger partial charge on any atom is -0.429 e. The second-order valence-corrected chi connectivity index (χ2v) is 13.2. The Labute approximate surface area is 286 Å². The molecule has 0 atom stereocenters. The fraction of sp³-hybridized carbons (Fsp3) is 0.400. The van der Waals surface area contributed by atoms with Gasteiger partial charge in [-0.05, 0) is 96.7 Å². The summed E-state index contributed by atoms with van der Waals surface area (Å²) in [7, 11) is 0. The van der Waals surface area contributed by atoms with Crippen LogP contribution < -0.4 is 4.74 Å². The molecule has 0 aliphatic heterocycles. The van der Waals surface area contributed by atoms with Crippen molar-refractivity contribution in [2.45, 2.75) is 96.0 Å². The van der Waals surface area contributed by atoms with E-state index in [1.165, 1.54) is 63.5 Å². The van der Waals surface area contributed by atoms with Crippen LogP contribution >= 0.6 is 0 Å². The molecule has 1 aliphatic rings. The van der Waals surface area contributed by atoms with Crippen LogP contribution in [0.5, 0.6) is 5.75 Å². The highest BCUT2D eigenvalue weighted by Gasteiger charge is 2.41. The fourth-order valence-electron chi connectivity index (χ4n) is 6.90. The van der Waals surface area contributed by atoms with Crippen molar-refractivity contribution in [3.8, 4) is 28.0 Å². The molecular weight excluding hydrogens is 667 g/mol. The van der Waals surface area contributed by atoms with E-state index >= 15 is 22.0 Å². The van der Waals surface area contributed by atoms with Gasteiger partial charge >= 0.3 is 6.11 Å². The van der Waals surface area contributed by atoms with Gasteiger partial charge in [-0.15, -0.1) is 0 Å². The number of benzene rings is 4. The average molecular weight is 707 g/mol. The Morgan fingerprint density at radius 2 is 1.10 bits per heavy atom. The van der Waals surface area contributed by atoms with Crippen LogP contribution in [0.3, 0.4) is 0 Å². The van der Waals surface area contributed by atoms with Crippen LogP contribution in [0, 0.1) is 46.6 Å². The summed E-state index contributed by atoms with van der Waals surface area (Å²) in [6, 6.07) is 8.64. The number of halogens is 9. The van der Waals surface area contributed by atoms with E-state index in [0.717, 1.165) is 43.4 Å². The van der Waals surface area contributed by atoms with E-state index in [0.29, 0.717) is 36.2 Å². The zero-order chi connectivity index (χ0) is 36.0. The highest BCUT2D eigenvalue weighted by Crippen LogP contribution is 2.41. The molecule has 0 radical (unpaired) electrons. The summed E-state index contributed by atoms with van der Waals surface area (Å²) >= 11 is 0. The molecule has 1 aliphatic carbocycles. The molecule has 0 saturated heterocycles. The van der Waals surface area contributed by atoms with E-state index in [4.69, 9.17) is 0 Å². The smallest absolute Gasteiger partial charge is 0.429 e. The second-order valence-electron chi connectivity index (χ2n) is 13.2. The largest absolute Gasteiger partial charge is 0.432 e. The molecule has 10 heteroatoms. The first-order chi connectivity index (χ1) is 23.9. The number of alkyl halides is 2. The maximum atomic E-state index is 15.3. The van der Waals surface area contributed by atoms with Gasteiger partial charge in [-0.25, -0.2) is 30.7 Å². The lowest BCUT2D eigenvalue weighted by Crippen LogP contribution is -2.25. The van der Waals surface area contributed by atoms with Gasteiger partial charge in [0.1, 0.15) is 34.6 Å². The molecular formula is C40H39F9O. The third-order valence-corrected chi connectivity index (χ3v) is 9.65. The van der Waals surface area contributed by atoms with Crippen molar-refractivity contribution in [3.63, 3.8) is 0 Å². The van der Waals surface area contributed by atoms with Crippen molar-refractivity contribution < 1.29 is 44.3 Å². The quantitative estimate of drug-likeness (QED) is 0.0721. The average Bonchev–Trinajstić information content (AvgIpc) is 3.06. The maximum absolute atomic E-state index is 15.3. The fourth-order valence-corrected chi connectivity index (χ4v) is 6.90. The zero-order valence-corrected chi connectivity index (χ0v) is 27.7. The lowest BCUT2D eigenvalue weighted by atomic mass is 9.77. The van der Waals surface area contributed by atoms with E-state index < -0.39 is 69.3 Å². The molecule has 268 valence electrons. The zero-order valence-electron chi connectivity index (χ0n) is 27.7. The van der Waals surface area contributed by atoms with Crippen LogP contribution in [0.25, 0.3) is 22.3 Å². The van der Waals surface area contributed by atoms with Gasteiger partial charge in [0.05, 0.1) is 0 Å². The Kier molecular flexibility index (Phi) is 12.2. The molecule has 0 spiro atoms.